The van der Waals surface area contributed by atoms with E-state index in [0.29, 0.717) is 0 Å². The van der Waals surface area contributed by atoms with Crippen LogP contribution in [0.15, 0.2) is 0 Å². The zero-order chi connectivity index (χ0) is 11.7. The van der Waals surface area contributed by atoms with Crippen molar-refractivity contribution in [2.75, 3.05) is 7.11 Å². The molecule has 0 aromatic rings. The fourth-order valence-corrected chi connectivity index (χ4v) is 2.67. The number of carbonyl (C=O) groups is 1. The second-order valence-corrected chi connectivity index (χ2v) is 4.51. The summed E-state index contributed by atoms with van der Waals surface area (Å²) in [6, 6.07) is 0. The number of hydrogen-bond acceptors (Lipinski definition) is 4. The summed E-state index contributed by atoms with van der Waals surface area (Å²) in [5.74, 6) is -2.00. The summed E-state index contributed by atoms with van der Waals surface area (Å²) in [7, 11) is 1.36. The molecule has 0 saturated heterocycles. The SMILES string of the molecule is COC1C(Cl)C(O)C(C(N)=O)C(O)C1Cl. The van der Waals surface area contributed by atoms with Gasteiger partial charge in [0.05, 0.1) is 35.0 Å². The maximum atomic E-state index is 11.0. The van der Waals surface area contributed by atoms with Crippen LogP contribution in [0, 0.1) is 5.92 Å². The summed E-state index contributed by atoms with van der Waals surface area (Å²) in [6.45, 7) is 0. The Bertz CT molecular complexity index is 237. The highest BCUT2D eigenvalue weighted by molar-refractivity contribution is 6.25. The molecule has 0 spiro atoms. The third kappa shape index (κ3) is 2.21. The van der Waals surface area contributed by atoms with E-state index in [4.69, 9.17) is 33.7 Å². The van der Waals surface area contributed by atoms with Crippen LogP contribution in [-0.2, 0) is 9.53 Å². The van der Waals surface area contributed by atoms with E-state index in [1.807, 2.05) is 0 Å². The number of ether oxygens (including phenoxy) is 1. The van der Waals surface area contributed by atoms with Crippen molar-refractivity contribution in [3.05, 3.63) is 0 Å². The number of primary amides is 1. The maximum Gasteiger partial charge on any atom is 0.225 e. The van der Waals surface area contributed by atoms with Crippen LogP contribution < -0.4 is 5.73 Å². The molecule has 7 heteroatoms. The third-order valence-corrected chi connectivity index (χ3v) is 3.63. The number of carbonyl (C=O) groups excluding carboxylic acids is 1. The fraction of sp³-hybridized carbons (Fsp3) is 0.875. The molecule has 1 amide bonds. The molecule has 4 atom stereocenters. The second kappa shape index (κ2) is 4.84. The molecule has 0 heterocycles. The van der Waals surface area contributed by atoms with E-state index >= 15 is 0 Å². The van der Waals surface area contributed by atoms with Crippen molar-refractivity contribution >= 4 is 29.1 Å². The number of halogens is 2. The predicted octanol–water partition coefficient (Wildman–Crippen LogP) is -0.947. The molecule has 0 aromatic carbocycles. The molecule has 1 fully saturated rings. The lowest BCUT2D eigenvalue weighted by Crippen LogP contribution is -2.61. The van der Waals surface area contributed by atoms with Crippen LogP contribution >= 0.6 is 23.2 Å². The van der Waals surface area contributed by atoms with Crippen LogP contribution in [0.25, 0.3) is 0 Å². The number of amides is 1. The molecule has 1 rings (SSSR count). The Labute approximate surface area is 97.1 Å². The topological polar surface area (TPSA) is 92.8 Å². The van der Waals surface area contributed by atoms with Crippen molar-refractivity contribution in [3.8, 4) is 0 Å². The fourth-order valence-electron chi connectivity index (χ4n) is 1.76. The van der Waals surface area contributed by atoms with E-state index in [2.05, 4.69) is 0 Å². The van der Waals surface area contributed by atoms with E-state index < -0.39 is 40.9 Å². The first-order valence-electron chi connectivity index (χ1n) is 4.38. The Balaban J connectivity index is 2.93. The third-order valence-electron chi connectivity index (χ3n) is 2.62. The highest BCUT2D eigenvalue weighted by Gasteiger charge is 2.51. The van der Waals surface area contributed by atoms with Crippen LogP contribution in [0.1, 0.15) is 0 Å². The molecule has 0 aliphatic heterocycles. The highest BCUT2D eigenvalue weighted by Crippen LogP contribution is 2.33. The summed E-state index contributed by atoms with van der Waals surface area (Å²) in [5.41, 5.74) is 5.04. The van der Waals surface area contributed by atoms with Gasteiger partial charge in [-0.05, 0) is 0 Å². The minimum absolute atomic E-state index is 0.728. The predicted molar refractivity (Wildman–Crippen MR) is 54.8 cm³/mol. The smallest absolute Gasteiger partial charge is 0.225 e. The summed E-state index contributed by atoms with van der Waals surface area (Å²) >= 11 is 11.7. The Kier molecular flexibility index (Phi) is 4.20. The number of aliphatic hydroxyl groups excluding tert-OH is 2. The van der Waals surface area contributed by atoms with Crippen LogP contribution in [0.2, 0.25) is 0 Å². The molecular formula is C8H13Cl2NO4. The molecule has 0 radical (unpaired) electrons. The Morgan fingerprint density at radius 2 is 1.67 bits per heavy atom. The number of nitrogens with two attached hydrogens (primary N) is 1. The summed E-state index contributed by atoms with van der Waals surface area (Å²) in [6.07, 6.45) is -3.26. The lowest BCUT2D eigenvalue weighted by molar-refractivity contribution is -0.138. The molecule has 0 bridgehead atoms. The second-order valence-electron chi connectivity index (χ2n) is 3.50. The van der Waals surface area contributed by atoms with Gasteiger partial charge >= 0.3 is 0 Å². The van der Waals surface area contributed by atoms with E-state index in [1.165, 1.54) is 7.11 Å². The number of alkyl halides is 2. The van der Waals surface area contributed by atoms with E-state index in [0.717, 1.165) is 0 Å². The van der Waals surface area contributed by atoms with Crippen LogP contribution in [-0.4, -0.2) is 52.3 Å². The average molecular weight is 258 g/mol. The minimum atomic E-state index is -1.26. The first kappa shape index (κ1) is 13.0. The summed E-state index contributed by atoms with van der Waals surface area (Å²) in [4.78, 5) is 11.0. The van der Waals surface area contributed by atoms with Crippen LogP contribution in [0.3, 0.4) is 0 Å². The molecule has 1 aliphatic rings. The molecule has 4 unspecified atom stereocenters. The van der Waals surface area contributed by atoms with Gasteiger partial charge in [0.2, 0.25) is 5.91 Å². The van der Waals surface area contributed by atoms with Crippen molar-refractivity contribution in [2.24, 2.45) is 11.7 Å². The monoisotopic (exact) mass is 257 g/mol. The number of rotatable bonds is 2. The zero-order valence-electron chi connectivity index (χ0n) is 8.01. The first-order chi connectivity index (χ1) is 6.91. The summed E-state index contributed by atoms with van der Waals surface area (Å²) in [5, 5.41) is 17.6. The van der Waals surface area contributed by atoms with Gasteiger partial charge in [0.25, 0.3) is 0 Å². The zero-order valence-corrected chi connectivity index (χ0v) is 9.52. The first-order valence-corrected chi connectivity index (χ1v) is 5.25. The molecule has 88 valence electrons. The highest BCUT2D eigenvalue weighted by atomic mass is 35.5. The Morgan fingerprint density at radius 3 is 1.93 bits per heavy atom. The molecule has 1 aliphatic carbocycles. The minimum Gasteiger partial charge on any atom is -0.391 e. The Hall–Kier alpha value is -0.0700. The van der Waals surface area contributed by atoms with Gasteiger partial charge < -0.3 is 20.7 Å². The van der Waals surface area contributed by atoms with Gasteiger partial charge in [0.15, 0.2) is 0 Å². The maximum absolute atomic E-state index is 11.0. The van der Waals surface area contributed by atoms with Crippen LogP contribution in [0.5, 0.6) is 0 Å². The van der Waals surface area contributed by atoms with E-state index in [1.54, 1.807) is 0 Å². The van der Waals surface area contributed by atoms with Gasteiger partial charge in [0, 0.05) is 7.11 Å². The molecule has 4 N–H and O–H groups in total. The van der Waals surface area contributed by atoms with E-state index in [9.17, 15) is 15.0 Å². The van der Waals surface area contributed by atoms with Gasteiger partial charge in [-0.25, -0.2) is 0 Å². The van der Waals surface area contributed by atoms with Gasteiger partial charge in [-0.2, -0.15) is 0 Å². The molecule has 5 nitrogen and oxygen atoms in total. The van der Waals surface area contributed by atoms with Crippen LogP contribution in [0.4, 0.5) is 0 Å². The number of aliphatic hydroxyl groups is 2. The molecule has 15 heavy (non-hydrogen) atoms. The largest absolute Gasteiger partial charge is 0.391 e. The van der Waals surface area contributed by atoms with Gasteiger partial charge in [-0.15, -0.1) is 23.2 Å². The van der Waals surface area contributed by atoms with Crippen molar-refractivity contribution in [3.63, 3.8) is 0 Å². The quantitative estimate of drug-likeness (QED) is 0.557. The van der Waals surface area contributed by atoms with Gasteiger partial charge in [0.1, 0.15) is 0 Å². The Morgan fingerprint density at radius 1 is 1.27 bits per heavy atom. The van der Waals surface area contributed by atoms with Gasteiger partial charge in [-0.1, -0.05) is 0 Å². The average Bonchev–Trinajstić information content (AvgIpc) is 2.16. The van der Waals surface area contributed by atoms with Crippen molar-refractivity contribution < 1.29 is 19.7 Å². The van der Waals surface area contributed by atoms with Crippen molar-refractivity contribution in [1.29, 1.82) is 0 Å². The number of hydrogen-bond donors (Lipinski definition) is 3. The number of methoxy groups -OCH3 is 1. The molecule has 0 aromatic heterocycles. The standard InChI is InChI=1S/C8H13Cl2NO4/c1-15-7-3(9)5(12)2(8(11)14)6(13)4(7)10/h2-7,12-13H,1H3,(H2,11,14). The van der Waals surface area contributed by atoms with Gasteiger partial charge in [-0.3, -0.25) is 4.79 Å². The lowest BCUT2D eigenvalue weighted by atomic mass is 9.81. The van der Waals surface area contributed by atoms with E-state index in [-0.39, 0.29) is 0 Å². The lowest BCUT2D eigenvalue weighted by Gasteiger charge is -2.41. The summed E-state index contributed by atoms with van der Waals surface area (Å²) < 4.78 is 4.95. The molecule has 1 saturated carbocycles. The van der Waals surface area contributed by atoms with Crippen molar-refractivity contribution in [1.82, 2.24) is 0 Å². The molecular weight excluding hydrogens is 245 g/mol. The van der Waals surface area contributed by atoms with Crippen molar-refractivity contribution in [2.45, 2.75) is 29.1 Å². The normalized spacial score (nSPS) is 46.5.